The van der Waals surface area contributed by atoms with E-state index in [1.165, 1.54) is 0 Å². The van der Waals surface area contributed by atoms with Crippen molar-refractivity contribution in [3.63, 3.8) is 0 Å². The summed E-state index contributed by atoms with van der Waals surface area (Å²) < 4.78 is 0. The zero-order valence-electron chi connectivity index (χ0n) is 23.4. The van der Waals surface area contributed by atoms with Gasteiger partial charge in [0.2, 0.25) is 5.91 Å². The van der Waals surface area contributed by atoms with Gasteiger partial charge < -0.3 is 31.7 Å². The quantitative estimate of drug-likeness (QED) is 0.251. The minimum absolute atomic E-state index is 0.119. The lowest BCUT2D eigenvalue weighted by Crippen LogP contribution is -2.51. The zero-order valence-corrected chi connectivity index (χ0v) is 24.2. The molecule has 1 atom stereocenters. The molecule has 3 aromatic rings. The Kier molecular flexibility index (Phi) is 10.0. The van der Waals surface area contributed by atoms with Gasteiger partial charge in [-0.15, -0.1) is 11.8 Å². The van der Waals surface area contributed by atoms with E-state index in [1.807, 2.05) is 72.8 Å². The summed E-state index contributed by atoms with van der Waals surface area (Å²) in [5, 5.41) is 17.2. The molecule has 0 bridgehead atoms. The van der Waals surface area contributed by atoms with Crippen LogP contribution < -0.4 is 26.6 Å². The fourth-order valence-corrected chi connectivity index (χ4v) is 5.69. The molecule has 4 amide bonds. The van der Waals surface area contributed by atoms with E-state index >= 15 is 0 Å². The summed E-state index contributed by atoms with van der Waals surface area (Å²) in [6, 6.07) is 22.6. The van der Waals surface area contributed by atoms with Crippen molar-refractivity contribution in [3.8, 4) is 11.1 Å². The van der Waals surface area contributed by atoms with Crippen LogP contribution in [0.25, 0.3) is 11.1 Å². The zero-order chi connectivity index (χ0) is 29.4. The fraction of sp³-hybridized carbons (Fsp3) is 0.323. The van der Waals surface area contributed by atoms with Crippen LogP contribution in [0.3, 0.4) is 0 Å². The number of carbonyl (C=O) groups excluding carboxylic acids is 3. The second-order valence-electron chi connectivity index (χ2n) is 10.7. The molecule has 0 saturated heterocycles. The summed E-state index contributed by atoms with van der Waals surface area (Å²) in [7, 11) is 0. The first-order chi connectivity index (χ1) is 19.6. The molecule has 0 aliphatic carbocycles. The van der Waals surface area contributed by atoms with Crippen molar-refractivity contribution in [1.29, 1.82) is 0 Å². The first kappa shape index (κ1) is 30.1. The highest BCUT2D eigenvalue weighted by molar-refractivity contribution is 7.99. The van der Waals surface area contributed by atoms with Gasteiger partial charge in [0.05, 0.1) is 18.8 Å². The minimum Gasteiger partial charge on any atom is -0.395 e. The highest BCUT2D eigenvalue weighted by atomic mass is 32.2. The highest BCUT2D eigenvalue weighted by Crippen LogP contribution is 2.35. The number of anilines is 1. The number of hydrogen-bond donors (Lipinski definition) is 5. The Morgan fingerprint density at radius 3 is 2.46 bits per heavy atom. The lowest BCUT2D eigenvalue weighted by molar-refractivity contribution is -0.127. The summed E-state index contributed by atoms with van der Waals surface area (Å²) in [6.07, 6.45) is 0.125. The van der Waals surface area contributed by atoms with Gasteiger partial charge in [0.1, 0.15) is 6.04 Å². The maximum atomic E-state index is 13.8. The van der Waals surface area contributed by atoms with Gasteiger partial charge in [-0.05, 0) is 48.2 Å². The third-order valence-corrected chi connectivity index (χ3v) is 7.69. The van der Waals surface area contributed by atoms with Gasteiger partial charge in [-0.2, -0.15) is 0 Å². The molecule has 0 saturated carbocycles. The SMILES string of the molecule is CC(C)(N)CC(=O)N[C@@H]1CSc2ccccc2N(Cc2ccc(-c3ccccc3CNC(=O)NCCO)cc2)C1=O. The van der Waals surface area contributed by atoms with Crippen molar-refractivity contribution in [2.75, 3.05) is 23.8 Å². The van der Waals surface area contributed by atoms with Crippen LogP contribution in [0.4, 0.5) is 10.5 Å². The Hall–Kier alpha value is -3.86. The van der Waals surface area contributed by atoms with Crippen molar-refractivity contribution in [2.24, 2.45) is 5.73 Å². The standard InChI is InChI=1S/C31H37N5O4S/c1-31(2,32)17-28(38)35-25-20-41-27-10-6-5-9-26(27)36(29(25)39)19-21-11-13-22(14-12-21)24-8-4-3-7-23(24)18-34-30(40)33-15-16-37/h3-14,25,37H,15-20,32H2,1-2H3,(H,35,38)(H2,33,34,40)/t25-/m1/s1. The van der Waals surface area contributed by atoms with Gasteiger partial charge in [0, 0.05) is 35.7 Å². The summed E-state index contributed by atoms with van der Waals surface area (Å²) in [4.78, 5) is 41.1. The van der Waals surface area contributed by atoms with E-state index in [9.17, 15) is 14.4 Å². The topological polar surface area (TPSA) is 137 Å². The van der Waals surface area contributed by atoms with Crippen LogP contribution in [-0.2, 0) is 22.7 Å². The number of rotatable bonds is 10. The van der Waals surface area contributed by atoms with Crippen molar-refractivity contribution < 1.29 is 19.5 Å². The highest BCUT2D eigenvalue weighted by Gasteiger charge is 2.32. The van der Waals surface area contributed by atoms with Crippen LogP contribution in [0.2, 0.25) is 0 Å². The van der Waals surface area contributed by atoms with Crippen LogP contribution in [0.5, 0.6) is 0 Å². The molecule has 0 aromatic heterocycles. The number of hydrogen-bond acceptors (Lipinski definition) is 6. The molecule has 1 aliphatic rings. The summed E-state index contributed by atoms with van der Waals surface area (Å²) in [5.74, 6) is 0.0292. The van der Waals surface area contributed by atoms with Crippen molar-refractivity contribution in [3.05, 3.63) is 83.9 Å². The second kappa shape index (κ2) is 13.7. The molecule has 1 aliphatic heterocycles. The van der Waals surface area contributed by atoms with E-state index in [0.29, 0.717) is 18.8 Å². The van der Waals surface area contributed by atoms with Gasteiger partial charge in [0.25, 0.3) is 5.91 Å². The lowest BCUT2D eigenvalue weighted by atomic mass is 9.98. The smallest absolute Gasteiger partial charge is 0.315 e. The molecule has 0 radical (unpaired) electrons. The maximum absolute atomic E-state index is 13.8. The molecular weight excluding hydrogens is 538 g/mol. The van der Waals surface area contributed by atoms with Crippen LogP contribution in [0, 0.1) is 0 Å². The molecule has 10 heteroatoms. The Morgan fingerprint density at radius 2 is 1.73 bits per heavy atom. The number of amides is 4. The largest absolute Gasteiger partial charge is 0.395 e. The Balaban J connectivity index is 1.52. The van der Waals surface area contributed by atoms with E-state index in [-0.39, 0.29) is 37.4 Å². The monoisotopic (exact) mass is 575 g/mol. The summed E-state index contributed by atoms with van der Waals surface area (Å²) in [6.45, 7) is 4.32. The van der Waals surface area contributed by atoms with E-state index in [1.54, 1.807) is 30.5 Å². The maximum Gasteiger partial charge on any atom is 0.315 e. The van der Waals surface area contributed by atoms with E-state index in [4.69, 9.17) is 10.8 Å². The third-order valence-electron chi connectivity index (χ3n) is 6.54. The second-order valence-corrected chi connectivity index (χ2v) is 11.7. The molecule has 3 aromatic carbocycles. The molecule has 4 rings (SSSR count). The third kappa shape index (κ3) is 8.32. The number of benzene rings is 3. The molecule has 0 fully saturated rings. The predicted molar refractivity (Wildman–Crippen MR) is 162 cm³/mol. The van der Waals surface area contributed by atoms with E-state index in [0.717, 1.165) is 32.8 Å². The average molecular weight is 576 g/mol. The Bertz CT molecular complexity index is 1370. The van der Waals surface area contributed by atoms with Crippen LogP contribution in [0.15, 0.2) is 77.7 Å². The molecule has 1 heterocycles. The number of nitrogens with one attached hydrogen (secondary N) is 3. The molecular formula is C31H37N5O4S. The first-order valence-corrected chi connectivity index (χ1v) is 14.5. The van der Waals surface area contributed by atoms with Gasteiger partial charge in [-0.1, -0.05) is 60.7 Å². The number of nitrogens with two attached hydrogens (primary N) is 1. The number of para-hydroxylation sites is 1. The molecule has 9 nitrogen and oxygen atoms in total. The van der Waals surface area contributed by atoms with Gasteiger partial charge in [0.15, 0.2) is 0 Å². The Morgan fingerprint density at radius 1 is 1.02 bits per heavy atom. The number of fused-ring (bicyclic) bond motifs is 1. The van der Waals surface area contributed by atoms with Gasteiger partial charge in [-0.3, -0.25) is 9.59 Å². The minimum atomic E-state index is -0.671. The molecule has 216 valence electrons. The van der Waals surface area contributed by atoms with Crippen LogP contribution >= 0.6 is 11.8 Å². The summed E-state index contributed by atoms with van der Waals surface area (Å²) in [5.41, 5.74) is 10.0. The predicted octanol–water partition coefficient (Wildman–Crippen LogP) is 3.40. The lowest BCUT2D eigenvalue weighted by Gasteiger charge is -2.27. The molecule has 0 spiro atoms. The van der Waals surface area contributed by atoms with Crippen molar-refractivity contribution >= 4 is 35.3 Å². The fourth-order valence-electron chi connectivity index (χ4n) is 4.61. The Labute approximate surface area is 244 Å². The van der Waals surface area contributed by atoms with Crippen LogP contribution in [0.1, 0.15) is 31.4 Å². The van der Waals surface area contributed by atoms with Crippen molar-refractivity contribution in [1.82, 2.24) is 16.0 Å². The molecule has 6 N–H and O–H groups in total. The number of carbonyl (C=O) groups is 3. The van der Waals surface area contributed by atoms with Crippen molar-refractivity contribution in [2.45, 2.75) is 49.8 Å². The van der Waals surface area contributed by atoms with E-state index < -0.39 is 11.6 Å². The van der Waals surface area contributed by atoms with E-state index in [2.05, 4.69) is 16.0 Å². The molecule has 41 heavy (non-hydrogen) atoms. The number of aliphatic hydroxyl groups is 1. The van der Waals surface area contributed by atoms with Gasteiger partial charge in [-0.25, -0.2) is 4.79 Å². The average Bonchev–Trinajstić information content (AvgIpc) is 3.07. The van der Waals surface area contributed by atoms with Gasteiger partial charge >= 0.3 is 6.03 Å². The first-order valence-electron chi connectivity index (χ1n) is 13.6. The normalized spacial score (nSPS) is 15.1. The number of urea groups is 1. The number of aliphatic hydroxyl groups excluding tert-OH is 1. The number of nitrogens with zero attached hydrogens (tertiary/aromatic N) is 1. The molecule has 0 unspecified atom stereocenters. The van der Waals surface area contributed by atoms with Crippen LogP contribution in [-0.4, -0.2) is 53.4 Å². The summed E-state index contributed by atoms with van der Waals surface area (Å²) >= 11 is 1.55. The number of thioether (sulfide) groups is 1.